The van der Waals surface area contributed by atoms with Crippen molar-refractivity contribution in [2.75, 3.05) is 7.11 Å². The summed E-state index contributed by atoms with van der Waals surface area (Å²) in [4.78, 5) is 17.2. The van der Waals surface area contributed by atoms with E-state index in [4.69, 9.17) is 9.88 Å². The van der Waals surface area contributed by atoms with Crippen molar-refractivity contribution >= 4 is 27.0 Å². The van der Waals surface area contributed by atoms with Crippen LogP contribution < -0.4 is 15.2 Å². The number of methoxy groups -OCH3 is 1. The number of nitrogens with one attached hydrogen (secondary N) is 1. The number of hydrogen-bond acceptors (Lipinski definition) is 6. The number of hydrogen-bond donors (Lipinski definition) is 2. The molecule has 3 N–H and O–H groups in total. The smallest absolute Gasteiger partial charge is 0.242 e. The Balaban J connectivity index is 1.71. The van der Waals surface area contributed by atoms with Crippen LogP contribution in [0.3, 0.4) is 0 Å². The lowest BCUT2D eigenvalue weighted by Crippen LogP contribution is -2.27. The van der Waals surface area contributed by atoms with Crippen LogP contribution in [0.25, 0.3) is 11.0 Å². The van der Waals surface area contributed by atoms with Gasteiger partial charge in [0.15, 0.2) is 5.65 Å². The molecule has 1 unspecified atom stereocenters. The predicted octanol–water partition coefficient (Wildman–Crippen LogP) is 2.05. The molecular formula is C21H27N5O4S. The van der Waals surface area contributed by atoms with Gasteiger partial charge in [-0.05, 0) is 56.0 Å². The number of sulfonamides is 1. The molecule has 31 heavy (non-hydrogen) atoms. The maximum absolute atomic E-state index is 12.6. The molecule has 0 saturated carbocycles. The van der Waals surface area contributed by atoms with Crippen molar-refractivity contribution in [1.29, 1.82) is 0 Å². The number of nitrogens with zero attached hydrogens (tertiary/aromatic N) is 3. The third-order valence-electron chi connectivity index (χ3n) is 5.40. The summed E-state index contributed by atoms with van der Waals surface area (Å²) in [6.45, 7) is 5.76. The Labute approximate surface area is 181 Å². The Morgan fingerprint density at radius 1 is 1.26 bits per heavy atom. The normalized spacial score (nSPS) is 12.7. The summed E-state index contributed by atoms with van der Waals surface area (Å²) in [5.41, 5.74) is 4.40. The largest absolute Gasteiger partial charge is 0.479 e. The minimum atomic E-state index is -3.74. The lowest BCUT2D eigenvalue weighted by Gasteiger charge is -2.16. The number of pyridine rings is 1. The van der Waals surface area contributed by atoms with Gasteiger partial charge in [-0.1, -0.05) is 12.1 Å². The van der Waals surface area contributed by atoms with Crippen LogP contribution in [0.4, 0.5) is 0 Å². The molecule has 10 heteroatoms. The first kappa shape index (κ1) is 22.7. The summed E-state index contributed by atoms with van der Waals surface area (Å²) in [5, 5.41) is 13.3. The van der Waals surface area contributed by atoms with Gasteiger partial charge in [-0.2, -0.15) is 0 Å². The van der Waals surface area contributed by atoms with Crippen LogP contribution in [0, 0.1) is 13.8 Å². The molecule has 1 aromatic carbocycles. The Morgan fingerprint density at radius 3 is 2.48 bits per heavy atom. The van der Waals surface area contributed by atoms with Gasteiger partial charge in [0.2, 0.25) is 21.8 Å². The molecule has 0 saturated heterocycles. The first-order chi connectivity index (χ1) is 14.5. The van der Waals surface area contributed by atoms with Crippen LogP contribution in [-0.2, 0) is 28.3 Å². The zero-order chi connectivity index (χ0) is 22.9. The number of carbonyl (C=O) groups excluding carboxylic acids is 1. The molecule has 2 heterocycles. The van der Waals surface area contributed by atoms with Crippen LogP contribution in [-0.4, -0.2) is 36.2 Å². The molecule has 0 aliphatic heterocycles. The summed E-state index contributed by atoms with van der Waals surface area (Å²) >= 11 is 0. The van der Waals surface area contributed by atoms with Crippen molar-refractivity contribution in [3.63, 3.8) is 0 Å². The van der Waals surface area contributed by atoms with Crippen molar-refractivity contribution < 1.29 is 17.9 Å². The molecule has 3 aromatic rings. The molecule has 2 aromatic heterocycles. The molecule has 0 aliphatic carbocycles. The van der Waals surface area contributed by atoms with Gasteiger partial charge < -0.3 is 10.1 Å². The average Bonchev–Trinajstić information content (AvgIpc) is 3.03. The number of aryl methyl sites for hydroxylation is 3. The lowest BCUT2D eigenvalue weighted by atomic mass is 10.00. The fourth-order valence-corrected chi connectivity index (χ4v) is 4.20. The third-order valence-corrected chi connectivity index (χ3v) is 6.33. The summed E-state index contributed by atoms with van der Waals surface area (Å²) in [6, 6.07) is 5.88. The molecule has 0 radical (unpaired) electrons. The molecule has 1 amide bonds. The van der Waals surface area contributed by atoms with E-state index in [1.54, 1.807) is 23.9 Å². The van der Waals surface area contributed by atoms with E-state index in [1.165, 1.54) is 12.1 Å². The maximum Gasteiger partial charge on any atom is 0.242 e. The highest BCUT2D eigenvalue weighted by Gasteiger charge is 2.19. The van der Waals surface area contributed by atoms with E-state index < -0.39 is 10.0 Å². The number of primary sulfonamides is 1. The number of nitrogens with two attached hydrogens (primary N) is 1. The van der Waals surface area contributed by atoms with Gasteiger partial charge in [-0.3, -0.25) is 4.79 Å². The van der Waals surface area contributed by atoms with Gasteiger partial charge in [-0.25, -0.2) is 23.2 Å². The second-order valence-corrected chi connectivity index (χ2v) is 9.10. The fraction of sp³-hybridized carbons (Fsp3) is 0.381. The highest BCUT2D eigenvalue weighted by atomic mass is 32.2. The van der Waals surface area contributed by atoms with Crippen LogP contribution in [0.1, 0.15) is 41.8 Å². The Kier molecular flexibility index (Phi) is 6.33. The number of amides is 1. The molecular weight excluding hydrogens is 418 g/mol. The van der Waals surface area contributed by atoms with Gasteiger partial charge >= 0.3 is 0 Å². The Morgan fingerprint density at radius 2 is 1.90 bits per heavy atom. The molecule has 3 rings (SSSR count). The number of rotatable bonds is 7. The number of ether oxygens (including phenoxy) is 1. The van der Waals surface area contributed by atoms with Crippen molar-refractivity contribution in [3.8, 4) is 5.88 Å². The molecule has 1 atom stereocenters. The molecule has 0 spiro atoms. The second-order valence-electron chi connectivity index (χ2n) is 7.54. The molecule has 0 aliphatic rings. The Hall–Kier alpha value is -2.98. The second kappa shape index (κ2) is 8.64. The minimum absolute atomic E-state index is 0.0365. The van der Waals surface area contributed by atoms with Crippen LogP contribution in [0.5, 0.6) is 5.88 Å². The summed E-state index contributed by atoms with van der Waals surface area (Å²) in [6.07, 6.45) is 0.818. The molecule has 166 valence electrons. The SMILES string of the molecule is COc1nn(C)c2nc(C)c(CCC(=O)NC(C)c3ccc(S(N)(=O)=O)cc3)c(C)c12. The average molecular weight is 446 g/mol. The minimum Gasteiger partial charge on any atom is -0.479 e. The standard InChI is InChI=1S/C21H27N5O4S/c1-12-17(14(3)24-20-19(12)21(30-5)25-26(20)4)10-11-18(27)23-13(2)15-6-8-16(9-7-15)31(22,28)29/h6-9,13H,10-11H2,1-5H3,(H,23,27)(H2,22,28,29). The van der Waals surface area contributed by atoms with Crippen molar-refractivity contribution in [2.24, 2.45) is 12.2 Å². The lowest BCUT2D eigenvalue weighted by molar-refractivity contribution is -0.121. The van der Waals surface area contributed by atoms with Crippen LogP contribution >= 0.6 is 0 Å². The van der Waals surface area contributed by atoms with E-state index in [-0.39, 0.29) is 23.3 Å². The van der Waals surface area contributed by atoms with E-state index in [2.05, 4.69) is 15.4 Å². The van der Waals surface area contributed by atoms with Gasteiger partial charge in [0, 0.05) is 19.2 Å². The zero-order valence-corrected chi connectivity index (χ0v) is 19.1. The monoisotopic (exact) mass is 445 g/mol. The van der Waals surface area contributed by atoms with Gasteiger partial charge in [0.25, 0.3) is 0 Å². The number of fused-ring (bicyclic) bond motifs is 1. The maximum atomic E-state index is 12.6. The highest BCUT2D eigenvalue weighted by molar-refractivity contribution is 7.89. The Bertz CT molecular complexity index is 1230. The zero-order valence-electron chi connectivity index (χ0n) is 18.3. The number of carbonyl (C=O) groups is 1. The topological polar surface area (TPSA) is 129 Å². The number of benzene rings is 1. The van der Waals surface area contributed by atoms with E-state index in [0.717, 1.165) is 33.4 Å². The summed E-state index contributed by atoms with van der Waals surface area (Å²) < 4.78 is 29.8. The third kappa shape index (κ3) is 4.70. The van der Waals surface area contributed by atoms with Crippen molar-refractivity contribution in [3.05, 3.63) is 46.6 Å². The van der Waals surface area contributed by atoms with Gasteiger partial charge in [0.1, 0.15) is 0 Å². The van der Waals surface area contributed by atoms with Crippen molar-refractivity contribution in [2.45, 2.75) is 44.6 Å². The quantitative estimate of drug-likeness (QED) is 0.573. The van der Waals surface area contributed by atoms with E-state index in [0.29, 0.717) is 12.3 Å². The van der Waals surface area contributed by atoms with E-state index in [1.807, 2.05) is 27.8 Å². The summed E-state index contributed by atoms with van der Waals surface area (Å²) in [5.74, 6) is 0.407. The molecule has 9 nitrogen and oxygen atoms in total. The first-order valence-electron chi connectivity index (χ1n) is 9.81. The fourth-order valence-electron chi connectivity index (χ4n) is 3.69. The van der Waals surface area contributed by atoms with E-state index >= 15 is 0 Å². The molecule has 0 bridgehead atoms. The first-order valence-corrected chi connectivity index (χ1v) is 11.4. The van der Waals surface area contributed by atoms with Crippen LogP contribution in [0.2, 0.25) is 0 Å². The highest BCUT2D eigenvalue weighted by Crippen LogP contribution is 2.30. The van der Waals surface area contributed by atoms with Gasteiger partial charge in [0.05, 0.1) is 23.4 Å². The van der Waals surface area contributed by atoms with E-state index in [9.17, 15) is 13.2 Å². The van der Waals surface area contributed by atoms with Crippen molar-refractivity contribution in [1.82, 2.24) is 20.1 Å². The van der Waals surface area contributed by atoms with Crippen LogP contribution in [0.15, 0.2) is 29.2 Å². The summed E-state index contributed by atoms with van der Waals surface area (Å²) in [7, 11) is -0.349. The predicted molar refractivity (Wildman–Crippen MR) is 117 cm³/mol. The number of aromatic nitrogens is 3. The molecule has 0 fully saturated rings. The van der Waals surface area contributed by atoms with Gasteiger partial charge in [-0.15, -0.1) is 5.10 Å².